The summed E-state index contributed by atoms with van der Waals surface area (Å²) in [6.45, 7) is -3.53. The molecule has 0 saturated heterocycles. The second-order valence-corrected chi connectivity index (χ2v) is 16.2. The van der Waals surface area contributed by atoms with E-state index in [4.69, 9.17) is 22.3 Å². The van der Waals surface area contributed by atoms with E-state index in [1.807, 2.05) is 91.0 Å². The minimum Gasteiger partial charge on any atom is -0.507 e. The van der Waals surface area contributed by atoms with Crippen LogP contribution in [0.1, 0.15) is 64.8 Å². The number of imidazole rings is 1. The van der Waals surface area contributed by atoms with Crippen molar-refractivity contribution in [1.82, 2.24) is 14.5 Å². The molecule has 0 amide bonds. The fraction of sp³-hybridized carbons (Fsp3) is 0.143. The summed E-state index contributed by atoms with van der Waals surface area (Å²) in [5.74, 6) is 0.659. The minimum absolute atomic E-state index is 0. The van der Waals surface area contributed by atoms with E-state index < -0.39 is 26.0 Å². The van der Waals surface area contributed by atoms with Gasteiger partial charge >= 0.3 is 0 Å². The van der Waals surface area contributed by atoms with Crippen molar-refractivity contribution in [3.05, 3.63) is 193 Å². The maximum Gasteiger partial charge on any atom is 0.148 e. The van der Waals surface area contributed by atoms with Crippen LogP contribution < -0.4 is 0 Å². The first kappa shape index (κ1) is 31.5. The van der Waals surface area contributed by atoms with E-state index in [9.17, 15) is 5.11 Å². The van der Waals surface area contributed by atoms with Crippen LogP contribution in [-0.2, 0) is 31.9 Å². The van der Waals surface area contributed by atoms with Crippen LogP contribution in [0.3, 0.4) is 0 Å². The molecule has 0 saturated carbocycles. The fourth-order valence-electron chi connectivity index (χ4n) is 7.71. The normalized spacial score (nSPS) is 14.5. The molecule has 0 bridgehead atoms. The number of phenols is 1. The Hall–Kier alpha value is -6.35. The number of benzene rings is 7. The average Bonchev–Trinajstić information content (AvgIpc) is 3.70. The Bertz CT molecular complexity index is 3300. The third kappa shape index (κ3) is 8.38. The van der Waals surface area contributed by atoms with Crippen LogP contribution in [0.4, 0.5) is 0 Å². The Morgan fingerprint density at radius 3 is 1.84 bits per heavy atom. The van der Waals surface area contributed by atoms with Crippen molar-refractivity contribution in [3.8, 4) is 78.6 Å². The monoisotopic (exact) mass is 982 g/mol. The van der Waals surface area contributed by atoms with Gasteiger partial charge in [-0.1, -0.05) is 179 Å². The van der Waals surface area contributed by atoms with Crippen LogP contribution in [0.15, 0.2) is 176 Å². The molecule has 0 fully saturated rings. The van der Waals surface area contributed by atoms with Gasteiger partial charge in [0.05, 0.1) is 16.6 Å². The number of pyridine rings is 1. The van der Waals surface area contributed by atoms with Crippen molar-refractivity contribution < 1.29 is 38.5 Å². The van der Waals surface area contributed by atoms with Crippen LogP contribution >= 0.6 is 0 Å². The zero-order valence-electron chi connectivity index (χ0n) is 42.8. The number of rotatable bonds is 7. The molecular weight excluding hydrogens is 926 g/mol. The summed E-state index contributed by atoms with van der Waals surface area (Å²) >= 11 is 0. The second-order valence-electron chi connectivity index (χ2n) is 16.2. The molecule has 61 heavy (non-hydrogen) atoms. The molecule has 2 aromatic heterocycles. The molecule has 0 spiro atoms. The maximum absolute atomic E-state index is 11.4. The Kier molecular flexibility index (Phi) is 8.58. The summed E-state index contributed by atoms with van der Waals surface area (Å²) in [4.78, 5) is 10.2. The standard InChI is InChI=1S/C56H48N3O.Pt/c1-55(2,3)45-26-24-39(25-27-45)40-28-29-57-50(35-40)44-31-41(37-16-9-7-10-17-37)30-43(32-44)48-21-15-22-51-53(48)58-54(49-20-13-14-23-52(49)60)59(51)47-34-42(38-18-11-8-12-19-38)33-46(36-47)56(4,5)6;/h7-31,33-36,60H,1-6H3;/q-1;/i1D3,2D3,3D3;. The largest absolute Gasteiger partial charge is 0.507 e. The molecule has 4 nitrogen and oxygen atoms in total. The van der Waals surface area contributed by atoms with Gasteiger partial charge in [0.25, 0.3) is 0 Å². The van der Waals surface area contributed by atoms with Gasteiger partial charge in [0.1, 0.15) is 11.6 Å². The van der Waals surface area contributed by atoms with Crippen LogP contribution in [0.25, 0.3) is 83.9 Å². The van der Waals surface area contributed by atoms with Crippen molar-refractivity contribution in [1.29, 1.82) is 0 Å². The zero-order chi connectivity index (χ0) is 49.1. The van der Waals surface area contributed by atoms with Gasteiger partial charge in [-0.3, -0.25) is 9.55 Å². The third-order valence-corrected chi connectivity index (χ3v) is 10.9. The van der Waals surface area contributed by atoms with Crippen molar-refractivity contribution in [3.63, 3.8) is 0 Å². The Morgan fingerprint density at radius 1 is 0.541 bits per heavy atom. The molecule has 0 aliphatic heterocycles. The molecule has 1 N–H and O–H groups in total. The second kappa shape index (κ2) is 16.6. The quantitative estimate of drug-likeness (QED) is 0.162. The number of aromatic nitrogens is 3. The van der Waals surface area contributed by atoms with Gasteiger partial charge in [0, 0.05) is 51.0 Å². The predicted octanol–water partition coefficient (Wildman–Crippen LogP) is 14.5. The number of fused-ring (bicyclic) bond motifs is 1. The van der Waals surface area contributed by atoms with Crippen molar-refractivity contribution >= 4 is 11.0 Å². The van der Waals surface area contributed by atoms with Crippen molar-refractivity contribution in [2.75, 3.05) is 0 Å². The first-order valence-electron chi connectivity index (χ1n) is 24.4. The van der Waals surface area contributed by atoms with Gasteiger partial charge in [0.15, 0.2) is 0 Å². The number of para-hydroxylation sites is 2. The van der Waals surface area contributed by atoms with Gasteiger partial charge in [-0.25, -0.2) is 4.98 Å². The van der Waals surface area contributed by atoms with Gasteiger partial charge in [0.2, 0.25) is 0 Å². The summed E-state index contributed by atoms with van der Waals surface area (Å²) < 4.78 is 75.7. The zero-order valence-corrected chi connectivity index (χ0v) is 36.1. The smallest absolute Gasteiger partial charge is 0.148 e. The summed E-state index contributed by atoms with van der Waals surface area (Å²) in [6, 6.07) is 57.2. The van der Waals surface area contributed by atoms with E-state index in [0.717, 1.165) is 50.1 Å². The van der Waals surface area contributed by atoms with Gasteiger partial charge in [-0.2, -0.15) is 0 Å². The maximum atomic E-state index is 11.4. The number of hydrogen-bond donors (Lipinski definition) is 1. The number of hydrogen-bond acceptors (Lipinski definition) is 3. The molecule has 0 radical (unpaired) electrons. The van der Waals surface area contributed by atoms with Crippen molar-refractivity contribution in [2.24, 2.45) is 0 Å². The van der Waals surface area contributed by atoms with E-state index in [0.29, 0.717) is 39.3 Å². The van der Waals surface area contributed by atoms with E-state index in [2.05, 4.69) is 67.8 Å². The molecular formula is C56H48N3OPt-. The molecule has 2 heterocycles. The fourth-order valence-corrected chi connectivity index (χ4v) is 7.71. The van der Waals surface area contributed by atoms with Crippen LogP contribution in [0, 0.1) is 6.07 Å². The van der Waals surface area contributed by atoms with E-state index in [1.54, 1.807) is 36.5 Å². The summed E-state index contributed by atoms with van der Waals surface area (Å²) in [5, 5.41) is 11.4. The molecule has 7 aromatic carbocycles. The SMILES string of the molecule is [2H]C([2H])([2H])C(c1ccc(-c2ccnc(-c3[c-]c(-c4cccc5c4nc(-c4ccccc4O)n5-c4cc(-c5ccccc5)cc(C(C)(C)C)c4)cc(-c4ccccc4)c3)c2)cc1)(C([2H])([2H])[2H])C([2H])([2H])[2H].[Pt]. The molecule has 0 unspecified atom stereocenters. The van der Waals surface area contributed by atoms with Gasteiger partial charge in [-0.05, 0) is 86.2 Å². The van der Waals surface area contributed by atoms with Crippen LogP contribution in [0.5, 0.6) is 5.75 Å². The molecule has 9 rings (SSSR count). The van der Waals surface area contributed by atoms with E-state index >= 15 is 0 Å². The molecule has 304 valence electrons. The molecule has 0 aliphatic rings. The number of aromatic hydroxyl groups is 1. The number of nitrogens with zero attached hydrogens (tertiary/aromatic N) is 3. The first-order chi connectivity index (χ1) is 32.7. The first-order valence-corrected chi connectivity index (χ1v) is 19.9. The molecule has 0 atom stereocenters. The van der Waals surface area contributed by atoms with E-state index in [-0.39, 0.29) is 37.8 Å². The predicted molar refractivity (Wildman–Crippen MR) is 249 cm³/mol. The van der Waals surface area contributed by atoms with Gasteiger partial charge < -0.3 is 5.11 Å². The Labute approximate surface area is 386 Å². The van der Waals surface area contributed by atoms with Crippen LogP contribution in [0.2, 0.25) is 0 Å². The van der Waals surface area contributed by atoms with Crippen LogP contribution in [-0.4, -0.2) is 19.6 Å². The molecule has 5 heteroatoms. The summed E-state index contributed by atoms with van der Waals surface area (Å²) in [7, 11) is 0. The Morgan fingerprint density at radius 2 is 1.16 bits per heavy atom. The molecule has 9 aromatic rings. The topological polar surface area (TPSA) is 50.9 Å². The molecule has 0 aliphatic carbocycles. The Balaban J connectivity index is 0.00000659. The average molecular weight is 983 g/mol. The van der Waals surface area contributed by atoms with Crippen molar-refractivity contribution in [2.45, 2.75) is 52.2 Å². The summed E-state index contributed by atoms with van der Waals surface area (Å²) in [5.41, 5.74) is 8.49. The third-order valence-electron chi connectivity index (χ3n) is 10.9. The minimum atomic E-state index is -3.37. The van der Waals surface area contributed by atoms with Gasteiger partial charge in [-0.15, -0.1) is 23.8 Å². The summed E-state index contributed by atoms with van der Waals surface area (Å²) in [6.07, 6.45) is 1.65. The number of phenolic OH excluding ortho intramolecular Hbond substituents is 1. The van der Waals surface area contributed by atoms with E-state index in [1.165, 1.54) is 12.1 Å².